The summed E-state index contributed by atoms with van der Waals surface area (Å²) in [6, 6.07) is 5.45. The van der Waals surface area contributed by atoms with Crippen LogP contribution in [0.3, 0.4) is 0 Å². The second-order valence-corrected chi connectivity index (χ2v) is 9.44. The van der Waals surface area contributed by atoms with E-state index in [9.17, 15) is 8.42 Å². The van der Waals surface area contributed by atoms with E-state index < -0.39 is 10.0 Å². The van der Waals surface area contributed by atoms with Crippen molar-refractivity contribution in [1.82, 2.24) is 29.3 Å². The Morgan fingerprint density at radius 1 is 1.21 bits per heavy atom. The minimum Gasteiger partial charge on any atom is -0.345 e. The van der Waals surface area contributed by atoms with Crippen LogP contribution < -0.4 is 0 Å². The van der Waals surface area contributed by atoms with Crippen molar-refractivity contribution in [1.29, 1.82) is 0 Å². The number of hydrogen-bond acceptors (Lipinski definition) is 8. The molecule has 0 unspecified atom stereocenters. The zero-order chi connectivity index (χ0) is 19.8. The third kappa shape index (κ3) is 3.46. The first-order chi connectivity index (χ1) is 14.1. The second kappa shape index (κ2) is 7.34. The summed E-state index contributed by atoms with van der Waals surface area (Å²) in [5.41, 5.74) is 1.51. The van der Waals surface area contributed by atoms with Crippen LogP contribution in [-0.4, -0.2) is 63.9 Å². The monoisotopic (exact) mass is 430 g/mol. The van der Waals surface area contributed by atoms with E-state index in [1.165, 1.54) is 10.5 Å². The number of aromatic nitrogens is 4. The Hall–Kier alpha value is -2.60. The molecule has 0 amide bonds. The summed E-state index contributed by atoms with van der Waals surface area (Å²) >= 11 is 1.58. The Morgan fingerprint density at radius 3 is 2.86 bits per heavy atom. The van der Waals surface area contributed by atoms with Crippen molar-refractivity contribution in [3.05, 3.63) is 47.2 Å². The van der Waals surface area contributed by atoms with Crippen molar-refractivity contribution < 1.29 is 12.9 Å². The average molecular weight is 431 g/mol. The predicted octanol–water partition coefficient (Wildman–Crippen LogP) is 2.18. The van der Waals surface area contributed by atoms with Crippen LogP contribution in [0.2, 0.25) is 0 Å². The molecule has 0 bridgehead atoms. The molecule has 0 spiro atoms. The quantitative estimate of drug-likeness (QED) is 0.517. The molecule has 1 aliphatic rings. The van der Waals surface area contributed by atoms with E-state index >= 15 is 0 Å². The highest BCUT2D eigenvalue weighted by Crippen LogP contribution is 2.25. The van der Waals surface area contributed by atoms with Gasteiger partial charge in [-0.2, -0.15) is 20.6 Å². The van der Waals surface area contributed by atoms with Gasteiger partial charge >= 0.3 is 0 Å². The number of nitrogens with one attached hydrogen (secondary N) is 1. The molecular formula is C18H18N6O3S2. The lowest BCUT2D eigenvalue weighted by Gasteiger charge is -2.32. The standard InChI is InChI=1S/C18H18N6O3S2/c25-29(26,15-10-20-18-14(15)2-1-4-19-18)24-7-5-23(6-8-24)11-16-21-17(22-27-16)13-3-9-28-12-13/h1-4,9-10,12H,5-8,11H2,(H,19,20). The maximum absolute atomic E-state index is 13.1. The van der Waals surface area contributed by atoms with Crippen LogP contribution in [0.1, 0.15) is 5.89 Å². The minimum absolute atomic E-state index is 0.270. The van der Waals surface area contributed by atoms with Gasteiger partial charge in [-0.05, 0) is 23.6 Å². The van der Waals surface area contributed by atoms with Crippen LogP contribution in [0.4, 0.5) is 0 Å². The van der Waals surface area contributed by atoms with Gasteiger partial charge < -0.3 is 9.51 Å². The van der Waals surface area contributed by atoms with Crippen molar-refractivity contribution in [3.63, 3.8) is 0 Å². The maximum atomic E-state index is 13.1. The van der Waals surface area contributed by atoms with Gasteiger partial charge in [-0.15, -0.1) is 0 Å². The number of fused-ring (bicyclic) bond motifs is 1. The molecule has 5 heterocycles. The number of aromatic amines is 1. The average Bonchev–Trinajstić information content (AvgIpc) is 3.48. The Balaban J connectivity index is 1.25. The summed E-state index contributed by atoms with van der Waals surface area (Å²) in [4.78, 5) is 13.9. The molecular weight excluding hydrogens is 412 g/mol. The molecule has 1 saturated heterocycles. The number of hydrogen-bond donors (Lipinski definition) is 1. The zero-order valence-electron chi connectivity index (χ0n) is 15.4. The molecule has 1 fully saturated rings. The van der Waals surface area contributed by atoms with Crippen molar-refractivity contribution in [2.75, 3.05) is 26.2 Å². The molecule has 9 nitrogen and oxygen atoms in total. The van der Waals surface area contributed by atoms with Crippen LogP contribution in [0.5, 0.6) is 0 Å². The van der Waals surface area contributed by atoms with Crippen LogP contribution in [0.25, 0.3) is 22.4 Å². The van der Waals surface area contributed by atoms with Crippen LogP contribution in [0, 0.1) is 0 Å². The van der Waals surface area contributed by atoms with Gasteiger partial charge in [0.2, 0.25) is 21.7 Å². The van der Waals surface area contributed by atoms with E-state index in [0.29, 0.717) is 55.5 Å². The number of rotatable bonds is 5. The van der Waals surface area contributed by atoms with Gasteiger partial charge in [0.25, 0.3) is 0 Å². The molecule has 1 aliphatic heterocycles. The largest absolute Gasteiger partial charge is 0.345 e. The fraction of sp³-hybridized carbons (Fsp3) is 0.278. The Morgan fingerprint density at radius 2 is 2.07 bits per heavy atom. The molecule has 0 aliphatic carbocycles. The zero-order valence-corrected chi connectivity index (χ0v) is 17.0. The first kappa shape index (κ1) is 18.4. The van der Waals surface area contributed by atoms with Gasteiger partial charge in [-0.1, -0.05) is 5.16 Å². The number of nitrogens with zero attached hydrogens (tertiary/aromatic N) is 5. The number of H-pyrrole nitrogens is 1. The van der Waals surface area contributed by atoms with Crippen molar-refractivity contribution in [2.45, 2.75) is 11.4 Å². The first-order valence-electron chi connectivity index (χ1n) is 9.11. The predicted molar refractivity (Wildman–Crippen MR) is 108 cm³/mol. The summed E-state index contributed by atoms with van der Waals surface area (Å²) < 4.78 is 33.0. The van der Waals surface area contributed by atoms with Crippen LogP contribution >= 0.6 is 11.3 Å². The third-order valence-electron chi connectivity index (χ3n) is 4.97. The summed E-state index contributed by atoms with van der Waals surface area (Å²) in [6.45, 7) is 2.50. The summed E-state index contributed by atoms with van der Waals surface area (Å²) in [5, 5.41) is 8.57. The van der Waals surface area contributed by atoms with E-state index in [-0.39, 0.29) is 4.90 Å². The molecule has 1 N–H and O–H groups in total. The smallest absolute Gasteiger partial charge is 0.245 e. The summed E-state index contributed by atoms with van der Waals surface area (Å²) in [7, 11) is -3.58. The molecule has 4 aromatic heterocycles. The Kier molecular flexibility index (Phi) is 4.66. The van der Waals surface area contributed by atoms with E-state index in [0.717, 1.165) is 5.56 Å². The molecule has 0 atom stereocenters. The highest BCUT2D eigenvalue weighted by molar-refractivity contribution is 7.89. The van der Waals surface area contributed by atoms with Gasteiger partial charge in [0.15, 0.2) is 0 Å². The minimum atomic E-state index is -3.58. The SMILES string of the molecule is O=S(=O)(c1c[nH]c2ncccc12)N1CCN(Cc2nc(-c3ccsc3)no2)CC1. The first-order valence-corrected chi connectivity index (χ1v) is 11.5. The summed E-state index contributed by atoms with van der Waals surface area (Å²) in [6.07, 6.45) is 3.15. The van der Waals surface area contributed by atoms with Gasteiger partial charge in [0.05, 0.1) is 6.54 Å². The fourth-order valence-corrected chi connectivity index (χ4v) is 5.64. The molecule has 0 saturated carbocycles. The second-order valence-electron chi connectivity index (χ2n) is 6.76. The maximum Gasteiger partial charge on any atom is 0.245 e. The Labute approximate surface area is 171 Å². The number of pyridine rings is 1. The van der Waals surface area contributed by atoms with Gasteiger partial charge in [-0.3, -0.25) is 4.90 Å². The number of thiophene rings is 1. The molecule has 5 rings (SSSR count). The normalized spacial score (nSPS) is 16.6. The van der Waals surface area contributed by atoms with E-state index in [1.54, 1.807) is 29.7 Å². The van der Waals surface area contributed by atoms with Gasteiger partial charge in [0, 0.05) is 54.9 Å². The lowest BCUT2D eigenvalue weighted by atomic mass is 10.3. The molecule has 150 valence electrons. The van der Waals surface area contributed by atoms with Gasteiger partial charge in [-0.25, -0.2) is 13.4 Å². The highest BCUT2D eigenvalue weighted by Gasteiger charge is 2.31. The van der Waals surface area contributed by atoms with Crippen molar-refractivity contribution >= 4 is 32.4 Å². The van der Waals surface area contributed by atoms with Crippen LogP contribution in [-0.2, 0) is 16.6 Å². The molecule has 29 heavy (non-hydrogen) atoms. The molecule has 0 radical (unpaired) electrons. The third-order valence-corrected chi connectivity index (χ3v) is 7.59. The van der Waals surface area contributed by atoms with Crippen LogP contribution in [0.15, 0.2) is 50.8 Å². The Bertz CT molecular complexity index is 1220. The number of sulfonamides is 1. The van der Waals surface area contributed by atoms with Gasteiger partial charge in [0.1, 0.15) is 10.5 Å². The van der Waals surface area contributed by atoms with Crippen molar-refractivity contribution in [3.8, 4) is 11.4 Å². The lowest BCUT2D eigenvalue weighted by Crippen LogP contribution is -2.48. The highest BCUT2D eigenvalue weighted by atomic mass is 32.2. The van der Waals surface area contributed by atoms with E-state index in [1.807, 2.05) is 16.8 Å². The van der Waals surface area contributed by atoms with Crippen molar-refractivity contribution in [2.24, 2.45) is 0 Å². The van der Waals surface area contributed by atoms with E-state index in [2.05, 4.69) is 25.0 Å². The number of piperazine rings is 1. The molecule has 4 aromatic rings. The topological polar surface area (TPSA) is 108 Å². The fourth-order valence-electron chi connectivity index (χ4n) is 3.43. The summed E-state index contributed by atoms with van der Waals surface area (Å²) in [5.74, 6) is 1.11. The van der Waals surface area contributed by atoms with E-state index in [4.69, 9.17) is 4.52 Å². The lowest BCUT2D eigenvalue weighted by molar-refractivity contribution is 0.163. The molecule has 11 heteroatoms. The molecule has 0 aromatic carbocycles.